The molecule has 4 heteroatoms. The van der Waals surface area contributed by atoms with Crippen molar-refractivity contribution in [1.29, 1.82) is 0 Å². The van der Waals surface area contributed by atoms with E-state index in [1.54, 1.807) is 10.7 Å². The maximum Gasteiger partial charge on any atom is 0.356 e. The van der Waals surface area contributed by atoms with Gasteiger partial charge in [-0.05, 0) is 31.4 Å². The molecule has 0 aromatic carbocycles. The smallest absolute Gasteiger partial charge is 0.356 e. The molecule has 1 aromatic heterocycles. The molecule has 0 spiro atoms. The van der Waals surface area contributed by atoms with Crippen LogP contribution in [0.3, 0.4) is 0 Å². The molecule has 0 saturated carbocycles. The van der Waals surface area contributed by atoms with Crippen LogP contribution < -0.4 is 0 Å². The van der Waals surface area contributed by atoms with E-state index in [9.17, 15) is 4.79 Å². The highest BCUT2D eigenvalue weighted by atomic mass is 16.4. The molecule has 4 nitrogen and oxygen atoms in total. The molecule has 1 aromatic rings. The predicted octanol–water partition coefficient (Wildman–Crippen LogP) is 2.17. The zero-order valence-electron chi connectivity index (χ0n) is 9.18. The number of aromatic carboxylic acids is 1. The van der Waals surface area contributed by atoms with E-state index in [0.29, 0.717) is 6.54 Å². The summed E-state index contributed by atoms with van der Waals surface area (Å²) in [7, 11) is 0. The highest BCUT2D eigenvalue weighted by molar-refractivity contribution is 5.85. The largest absolute Gasteiger partial charge is 0.476 e. The lowest BCUT2D eigenvalue weighted by molar-refractivity contribution is 0.0689. The Morgan fingerprint density at radius 1 is 1.56 bits per heavy atom. The molecule has 0 unspecified atom stereocenters. The van der Waals surface area contributed by atoms with E-state index in [-0.39, 0.29) is 5.69 Å². The van der Waals surface area contributed by atoms with Gasteiger partial charge in [0.25, 0.3) is 0 Å². The molecular formula is C12H14N2O2. The first kappa shape index (κ1) is 10.7. The molecule has 1 aliphatic carbocycles. The average Bonchev–Trinajstić information content (AvgIpc) is 2.62. The van der Waals surface area contributed by atoms with Crippen LogP contribution in [0.2, 0.25) is 0 Å². The van der Waals surface area contributed by atoms with Crippen LogP contribution in [-0.2, 0) is 6.54 Å². The van der Waals surface area contributed by atoms with Crippen LogP contribution in [-0.4, -0.2) is 20.9 Å². The molecule has 0 saturated heterocycles. The summed E-state index contributed by atoms with van der Waals surface area (Å²) in [5, 5.41) is 12.9. The number of aryl methyl sites for hydroxylation is 1. The average molecular weight is 218 g/mol. The number of carboxylic acids is 1. The van der Waals surface area contributed by atoms with Crippen molar-refractivity contribution in [2.75, 3.05) is 0 Å². The van der Waals surface area contributed by atoms with Crippen LogP contribution in [0.1, 0.15) is 29.0 Å². The summed E-state index contributed by atoms with van der Waals surface area (Å²) in [5.74, 6) is -0.977. The van der Waals surface area contributed by atoms with Crippen LogP contribution in [0.25, 0.3) is 0 Å². The minimum absolute atomic E-state index is 0.109. The minimum Gasteiger partial charge on any atom is -0.476 e. The van der Waals surface area contributed by atoms with Gasteiger partial charge in [0.05, 0.1) is 6.54 Å². The second-order valence-electron chi connectivity index (χ2n) is 3.89. The van der Waals surface area contributed by atoms with Gasteiger partial charge in [-0.25, -0.2) is 4.79 Å². The third-order valence-corrected chi connectivity index (χ3v) is 2.60. The number of carboxylic acid groups (broad SMARTS) is 1. The molecule has 1 aliphatic rings. The van der Waals surface area contributed by atoms with E-state index in [4.69, 9.17) is 5.11 Å². The van der Waals surface area contributed by atoms with Crippen molar-refractivity contribution >= 4 is 5.97 Å². The lowest BCUT2D eigenvalue weighted by atomic mass is 10.1. The third-order valence-electron chi connectivity index (χ3n) is 2.60. The highest BCUT2D eigenvalue weighted by Gasteiger charge is 2.11. The van der Waals surface area contributed by atoms with Gasteiger partial charge in [0.15, 0.2) is 5.69 Å². The van der Waals surface area contributed by atoms with Crippen molar-refractivity contribution in [2.24, 2.45) is 0 Å². The maximum atomic E-state index is 10.8. The summed E-state index contributed by atoms with van der Waals surface area (Å²) < 4.78 is 1.73. The van der Waals surface area contributed by atoms with Gasteiger partial charge < -0.3 is 5.11 Å². The Bertz CT molecular complexity index is 469. The molecule has 0 radical (unpaired) electrons. The Hall–Kier alpha value is -1.84. The van der Waals surface area contributed by atoms with Crippen LogP contribution in [0, 0.1) is 6.92 Å². The summed E-state index contributed by atoms with van der Waals surface area (Å²) >= 11 is 0. The molecule has 16 heavy (non-hydrogen) atoms. The summed E-state index contributed by atoms with van der Waals surface area (Å²) in [6, 6.07) is 1.59. The van der Waals surface area contributed by atoms with E-state index in [1.807, 2.05) is 6.92 Å². The molecule has 0 atom stereocenters. The Balaban J connectivity index is 2.18. The van der Waals surface area contributed by atoms with Gasteiger partial charge in [0, 0.05) is 5.69 Å². The van der Waals surface area contributed by atoms with Crippen LogP contribution in [0.5, 0.6) is 0 Å². The van der Waals surface area contributed by atoms with E-state index in [1.165, 1.54) is 5.57 Å². The standard InChI is InChI=1S/C12H14N2O2/c1-9-7-11(12(15)16)13-14(9)8-10-5-3-2-4-6-10/h3,5-7H,2,4,8H2,1H3,(H,15,16). The van der Waals surface area contributed by atoms with Crippen LogP contribution in [0.15, 0.2) is 29.9 Å². The number of hydrogen-bond donors (Lipinski definition) is 1. The van der Waals surface area contributed by atoms with Crippen molar-refractivity contribution in [3.8, 4) is 0 Å². The van der Waals surface area contributed by atoms with Crippen molar-refractivity contribution in [2.45, 2.75) is 26.3 Å². The lowest BCUT2D eigenvalue weighted by Crippen LogP contribution is -2.06. The molecule has 0 amide bonds. The second kappa shape index (κ2) is 4.35. The fourth-order valence-corrected chi connectivity index (χ4v) is 1.73. The summed E-state index contributed by atoms with van der Waals surface area (Å²) in [4.78, 5) is 10.8. The van der Waals surface area contributed by atoms with Crippen molar-refractivity contribution in [1.82, 2.24) is 9.78 Å². The quantitative estimate of drug-likeness (QED) is 0.845. The fraction of sp³-hybridized carbons (Fsp3) is 0.333. The monoisotopic (exact) mass is 218 g/mol. The molecule has 0 fully saturated rings. The zero-order valence-corrected chi connectivity index (χ0v) is 9.18. The molecule has 0 bridgehead atoms. The summed E-state index contributed by atoms with van der Waals surface area (Å²) in [5.41, 5.74) is 2.17. The summed E-state index contributed by atoms with van der Waals surface area (Å²) in [6.07, 6.45) is 8.51. The number of aromatic nitrogens is 2. The molecule has 1 N–H and O–H groups in total. The molecular weight excluding hydrogens is 204 g/mol. The van der Waals surface area contributed by atoms with E-state index in [0.717, 1.165) is 18.5 Å². The van der Waals surface area contributed by atoms with Crippen molar-refractivity contribution < 1.29 is 9.90 Å². The number of hydrogen-bond acceptors (Lipinski definition) is 2. The third kappa shape index (κ3) is 2.21. The first-order chi connectivity index (χ1) is 7.66. The van der Waals surface area contributed by atoms with Crippen LogP contribution >= 0.6 is 0 Å². The van der Waals surface area contributed by atoms with Gasteiger partial charge >= 0.3 is 5.97 Å². The summed E-state index contributed by atoms with van der Waals surface area (Å²) in [6.45, 7) is 2.52. The van der Waals surface area contributed by atoms with Gasteiger partial charge in [0.1, 0.15) is 0 Å². The molecule has 0 aliphatic heterocycles. The van der Waals surface area contributed by atoms with E-state index in [2.05, 4.69) is 23.3 Å². The maximum absolute atomic E-state index is 10.8. The number of nitrogens with zero attached hydrogens (tertiary/aromatic N) is 2. The molecule has 84 valence electrons. The number of carbonyl (C=O) groups is 1. The van der Waals surface area contributed by atoms with Gasteiger partial charge in [-0.2, -0.15) is 5.10 Å². The Morgan fingerprint density at radius 3 is 2.94 bits per heavy atom. The first-order valence-electron chi connectivity index (χ1n) is 5.30. The van der Waals surface area contributed by atoms with Gasteiger partial charge in [-0.1, -0.05) is 18.2 Å². The second-order valence-corrected chi connectivity index (χ2v) is 3.89. The topological polar surface area (TPSA) is 55.1 Å². The van der Waals surface area contributed by atoms with Crippen LogP contribution in [0.4, 0.5) is 0 Å². The van der Waals surface area contributed by atoms with Crippen molar-refractivity contribution in [3.63, 3.8) is 0 Å². The lowest BCUT2D eigenvalue weighted by Gasteiger charge is -2.08. The number of allylic oxidation sites excluding steroid dienone is 4. The minimum atomic E-state index is -0.977. The first-order valence-corrected chi connectivity index (χ1v) is 5.30. The number of rotatable bonds is 3. The Kier molecular flexibility index (Phi) is 2.90. The Labute approximate surface area is 93.9 Å². The zero-order chi connectivity index (χ0) is 11.5. The highest BCUT2D eigenvalue weighted by Crippen LogP contribution is 2.13. The van der Waals surface area contributed by atoms with E-state index < -0.39 is 5.97 Å². The van der Waals surface area contributed by atoms with E-state index >= 15 is 0 Å². The molecule has 2 rings (SSSR count). The normalized spacial score (nSPS) is 14.9. The van der Waals surface area contributed by atoms with Crippen molar-refractivity contribution in [3.05, 3.63) is 41.3 Å². The fourth-order valence-electron chi connectivity index (χ4n) is 1.73. The van der Waals surface area contributed by atoms with Gasteiger partial charge in [-0.3, -0.25) is 4.68 Å². The Morgan fingerprint density at radius 2 is 2.38 bits per heavy atom. The SMILES string of the molecule is Cc1cc(C(=O)O)nn1CC1=CCCC=C1. The molecule has 1 heterocycles. The van der Waals surface area contributed by atoms with Gasteiger partial charge in [-0.15, -0.1) is 0 Å². The van der Waals surface area contributed by atoms with Gasteiger partial charge in [0.2, 0.25) is 0 Å². The predicted molar refractivity (Wildman–Crippen MR) is 60.4 cm³/mol.